The van der Waals surface area contributed by atoms with Gasteiger partial charge in [-0.15, -0.1) is 0 Å². The molecule has 0 atom stereocenters. The molecule has 2 aromatic rings. The molecule has 0 spiro atoms. The molecular weight excluding hydrogens is 308 g/mol. The van der Waals surface area contributed by atoms with Crippen molar-refractivity contribution in [1.29, 1.82) is 0 Å². The number of nitrogens with zero attached hydrogens (tertiary/aromatic N) is 1. The highest BCUT2D eigenvalue weighted by molar-refractivity contribution is 5.91. The maximum Gasteiger partial charge on any atom is 0.269 e. The lowest BCUT2D eigenvalue weighted by molar-refractivity contribution is -0.384. The van der Waals surface area contributed by atoms with E-state index in [2.05, 4.69) is 26.1 Å². The summed E-state index contributed by atoms with van der Waals surface area (Å²) in [5.74, 6) is 0.283. The molecule has 126 valence electrons. The van der Waals surface area contributed by atoms with Crippen LogP contribution in [0.2, 0.25) is 0 Å². The van der Waals surface area contributed by atoms with Crippen LogP contribution in [0.25, 0.3) is 0 Å². The number of rotatable bonds is 5. The van der Waals surface area contributed by atoms with E-state index in [0.29, 0.717) is 11.4 Å². The maximum absolute atomic E-state index is 11.9. The maximum atomic E-state index is 11.9. The Balaban J connectivity index is 1.87. The highest BCUT2D eigenvalue weighted by Crippen LogP contribution is 2.24. The third-order valence-electron chi connectivity index (χ3n) is 3.45. The minimum absolute atomic E-state index is 0.0248. The van der Waals surface area contributed by atoms with Gasteiger partial charge in [0.1, 0.15) is 5.75 Å². The molecule has 0 radical (unpaired) electrons. The number of carbonyl (C=O) groups excluding carboxylic acids is 1. The van der Waals surface area contributed by atoms with E-state index in [4.69, 9.17) is 4.74 Å². The van der Waals surface area contributed by atoms with Crippen molar-refractivity contribution in [1.82, 2.24) is 0 Å². The third kappa shape index (κ3) is 4.81. The second kappa shape index (κ2) is 7.12. The second-order valence-corrected chi connectivity index (χ2v) is 6.42. The standard InChI is InChI=1S/C18H20N2O4/c1-18(2,3)13-4-10-16(11-5-13)24-12-17(21)19-14-6-8-15(9-7-14)20(22)23/h4-11H,12H2,1-3H3,(H,19,21). The molecule has 0 saturated carbocycles. The summed E-state index contributed by atoms with van der Waals surface area (Å²) in [4.78, 5) is 21.9. The number of nitro groups is 1. The van der Waals surface area contributed by atoms with Gasteiger partial charge in [0.15, 0.2) is 6.61 Å². The first-order chi connectivity index (χ1) is 11.3. The number of nitrogens with one attached hydrogen (secondary N) is 1. The Labute approximate surface area is 140 Å². The average Bonchev–Trinajstić information content (AvgIpc) is 2.53. The summed E-state index contributed by atoms with van der Waals surface area (Å²) < 4.78 is 5.45. The number of nitro benzene ring substituents is 1. The van der Waals surface area contributed by atoms with Crippen LogP contribution in [0.3, 0.4) is 0 Å². The summed E-state index contributed by atoms with van der Waals surface area (Å²) in [6.45, 7) is 6.24. The van der Waals surface area contributed by atoms with E-state index in [9.17, 15) is 14.9 Å². The molecule has 1 amide bonds. The number of benzene rings is 2. The van der Waals surface area contributed by atoms with Crippen molar-refractivity contribution < 1.29 is 14.5 Å². The predicted octanol–water partition coefficient (Wildman–Crippen LogP) is 3.91. The molecule has 6 nitrogen and oxygen atoms in total. The zero-order valence-corrected chi connectivity index (χ0v) is 13.9. The Kier molecular flexibility index (Phi) is 5.18. The summed E-state index contributed by atoms with van der Waals surface area (Å²) in [5.41, 5.74) is 1.71. The van der Waals surface area contributed by atoms with E-state index in [1.807, 2.05) is 24.3 Å². The van der Waals surface area contributed by atoms with Crippen LogP contribution >= 0.6 is 0 Å². The molecule has 0 bridgehead atoms. The van der Waals surface area contributed by atoms with Crippen LogP contribution in [-0.2, 0) is 10.2 Å². The molecule has 0 aromatic heterocycles. The molecule has 0 aliphatic heterocycles. The lowest BCUT2D eigenvalue weighted by Crippen LogP contribution is -2.20. The van der Waals surface area contributed by atoms with Crippen molar-refractivity contribution in [3.8, 4) is 5.75 Å². The Hall–Kier alpha value is -2.89. The number of non-ortho nitro benzene ring substituents is 1. The average molecular weight is 328 g/mol. The lowest BCUT2D eigenvalue weighted by Gasteiger charge is -2.19. The van der Waals surface area contributed by atoms with Gasteiger partial charge >= 0.3 is 0 Å². The molecule has 2 rings (SSSR count). The molecule has 2 aromatic carbocycles. The van der Waals surface area contributed by atoms with Crippen LogP contribution in [0.4, 0.5) is 11.4 Å². The monoisotopic (exact) mass is 328 g/mol. The lowest BCUT2D eigenvalue weighted by atomic mass is 9.87. The fourth-order valence-electron chi connectivity index (χ4n) is 2.06. The first-order valence-corrected chi connectivity index (χ1v) is 7.53. The molecule has 0 heterocycles. The largest absolute Gasteiger partial charge is 0.484 e. The fraction of sp³-hybridized carbons (Fsp3) is 0.278. The normalized spacial score (nSPS) is 11.0. The van der Waals surface area contributed by atoms with Crippen LogP contribution < -0.4 is 10.1 Å². The molecule has 1 N–H and O–H groups in total. The Morgan fingerprint density at radius 1 is 1.08 bits per heavy atom. The summed E-state index contributed by atoms with van der Waals surface area (Å²) in [6, 6.07) is 13.2. The number of hydrogen-bond donors (Lipinski definition) is 1. The zero-order valence-electron chi connectivity index (χ0n) is 13.9. The molecule has 0 saturated heterocycles. The second-order valence-electron chi connectivity index (χ2n) is 6.42. The quantitative estimate of drug-likeness (QED) is 0.666. The Morgan fingerprint density at radius 2 is 1.67 bits per heavy atom. The van der Waals surface area contributed by atoms with Crippen molar-refractivity contribution in [2.75, 3.05) is 11.9 Å². The molecule has 24 heavy (non-hydrogen) atoms. The van der Waals surface area contributed by atoms with Gasteiger partial charge in [0, 0.05) is 17.8 Å². The molecule has 6 heteroatoms. The number of amides is 1. The van der Waals surface area contributed by atoms with Crippen molar-refractivity contribution >= 4 is 17.3 Å². The predicted molar refractivity (Wildman–Crippen MR) is 92.4 cm³/mol. The summed E-state index contributed by atoms with van der Waals surface area (Å²) >= 11 is 0. The van der Waals surface area contributed by atoms with E-state index in [-0.39, 0.29) is 23.6 Å². The van der Waals surface area contributed by atoms with Crippen LogP contribution in [-0.4, -0.2) is 17.4 Å². The van der Waals surface area contributed by atoms with E-state index < -0.39 is 4.92 Å². The van der Waals surface area contributed by atoms with Gasteiger partial charge in [0.05, 0.1) is 4.92 Å². The van der Waals surface area contributed by atoms with Gasteiger partial charge in [0.25, 0.3) is 11.6 Å². The summed E-state index contributed by atoms with van der Waals surface area (Å²) in [6.07, 6.45) is 0. The van der Waals surface area contributed by atoms with Crippen molar-refractivity contribution in [3.63, 3.8) is 0 Å². The topological polar surface area (TPSA) is 81.5 Å². The Morgan fingerprint density at radius 3 is 2.17 bits per heavy atom. The van der Waals surface area contributed by atoms with Crippen LogP contribution in [0.15, 0.2) is 48.5 Å². The number of anilines is 1. The number of carbonyl (C=O) groups is 1. The number of hydrogen-bond acceptors (Lipinski definition) is 4. The van der Waals surface area contributed by atoms with Gasteiger partial charge in [-0.2, -0.15) is 0 Å². The Bertz CT molecular complexity index is 716. The SMILES string of the molecule is CC(C)(C)c1ccc(OCC(=O)Nc2ccc([N+](=O)[O-])cc2)cc1. The summed E-state index contributed by atoms with van der Waals surface area (Å²) in [5, 5.41) is 13.2. The van der Waals surface area contributed by atoms with Gasteiger partial charge in [-0.05, 0) is 35.2 Å². The molecule has 0 aliphatic carbocycles. The van der Waals surface area contributed by atoms with E-state index >= 15 is 0 Å². The van der Waals surface area contributed by atoms with E-state index in [0.717, 1.165) is 0 Å². The van der Waals surface area contributed by atoms with Gasteiger partial charge in [-0.1, -0.05) is 32.9 Å². The van der Waals surface area contributed by atoms with Crippen LogP contribution in [0, 0.1) is 10.1 Å². The highest BCUT2D eigenvalue weighted by atomic mass is 16.6. The van der Waals surface area contributed by atoms with Gasteiger partial charge < -0.3 is 10.1 Å². The van der Waals surface area contributed by atoms with Crippen molar-refractivity contribution in [2.45, 2.75) is 26.2 Å². The van der Waals surface area contributed by atoms with Crippen LogP contribution in [0.5, 0.6) is 5.75 Å². The number of ether oxygens (including phenoxy) is 1. The van der Waals surface area contributed by atoms with Crippen molar-refractivity contribution in [2.24, 2.45) is 0 Å². The summed E-state index contributed by atoms with van der Waals surface area (Å²) in [7, 11) is 0. The van der Waals surface area contributed by atoms with E-state index in [1.165, 1.54) is 29.8 Å². The van der Waals surface area contributed by atoms with Crippen LogP contribution in [0.1, 0.15) is 26.3 Å². The minimum Gasteiger partial charge on any atom is -0.484 e. The van der Waals surface area contributed by atoms with Crippen molar-refractivity contribution in [3.05, 3.63) is 64.2 Å². The third-order valence-corrected chi connectivity index (χ3v) is 3.45. The van der Waals surface area contributed by atoms with Gasteiger partial charge in [-0.25, -0.2) is 0 Å². The van der Waals surface area contributed by atoms with E-state index in [1.54, 1.807) is 0 Å². The minimum atomic E-state index is -0.490. The first kappa shape index (κ1) is 17.5. The van der Waals surface area contributed by atoms with Gasteiger partial charge in [0.2, 0.25) is 0 Å². The fourth-order valence-corrected chi connectivity index (χ4v) is 2.06. The first-order valence-electron chi connectivity index (χ1n) is 7.53. The smallest absolute Gasteiger partial charge is 0.269 e. The molecular formula is C18H20N2O4. The molecule has 0 aliphatic rings. The zero-order chi connectivity index (χ0) is 17.7. The molecule has 0 unspecified atom stereocenters. The highest BCUT2D eigenvalue weighted by Gasteiger charge is 2.13. The van der Waals surface area contributed by atoms with Gasteiger partial charge in [-0.3, -0.25) is 14.9 Å². The molecule has 0 fully saturated rings.